The molecule has 0 amide bonds. The molecule has 1 N–H and O–H groups in total. The molecule has 1 aromatic heterocycles. The van der Waals surface area contributed by atoms with Gasteiger partial charge in [0.25, 0.3) is 0 Å². The molecule has 0 fully saturated rings. The lowest BCUT2D eigenvalue weighted by Crippen LogP contribution is -2.14. The summed E-state index contributed by atoms with van der Waals surface area (Å²) in [4.78, 5) is 8.52. The summed E-state index contributed by atoms with van der Waals surface area (Å²) in [5.41, 5.74) is 2.06. The van der Waals surface area contributed by atoms with E-state index in [0.717, 1.165) is 23.5 Å². The molecule has 0 radical (unpaired) electrons. The minimum Gasteiger partial charge on any atom is -0.368 e. The molecule has 3 heteroatoms. The topological polar surface area (TPSA) is 37.8 Å². The number of hydrogen-bond donors (Lipinski definition) is 1. The molecule has 1 heterocycles. The first-order valence-electron chi connectivity index (χ1n) is 5.93. The Kier molecular flexibility index (Phi) is 3.70. The van der Waals surface area contributed by atoms with E-state index in [0.29, 0.717) is 6.04 Å². The van der Waals surface area contributed by atoms with Crippen molar-refractivity contribution in [2.24, 2.45) is 0 Å². The van der Waals surface area contributed by atoms with Gasteiger partial charge in [-0.1, -0.05) is 37.3 Å². The monoisotopic (exact) mass is 227 g/mol. The predicted octanol–water partition coefficient (Wildman–Crippen LogP) is 3.35. The third kappa shape index (κ3) is 3.03. The van der Waals surface area contributed by atoms with E-state index in [9.17, 15) is 0 Å². The molecular weight excluding hydrogens is 210 g/mol. The fourth-order valence-electron chi connectivity index (χ4n) is 1.56. The van der Waals surface area contributed by atoms with E-state index in [1.165, 1.54) is 0 Å². The van der Waals surface area contributed by atoms with Crippen LogP contribution in [0.2, 0.25) is 0 Å². The third-order valence-corrected chi connectivity index (χ3v) is 2.74. The first kappa shape index (κ1) is 11.6. The molecule has 0 saturated heterocycles. The van der Waals surface area contributed by atoms with Gasteiger partial charge in [-0.3, -0.25) is 0 Å². The zero-order chi connectivity index (χ0) is 12.1. The van der Waals surface area contributed by atoms with Crippen LogP contribution in [0.3, 0.4) is 0 Å². The normalized spacial score (nSPS) is 12.1. The van der Waals surface area contributed by atoms with Crippen molar-refractivity contribution >= 4 is 5.82 Å². The van der Waals surface area contributed by atoms with E-state index in [1.54, 1.807) is 6.33 Å². The van der Waals surface area contributed by atoms with Gasteiger partial charge < -0.3 is 5.32 Å². The summed E-state index contributed by atoms with van der Waals surface area (Å²) in [6.45, 7) is 4.29. The van der Waals surface area contributed by atoms with Gasteiger partial charge in [0, 0.05) is 17.7 Å². The number of aromatic nitrogens is 2. The number of nitrogens with one attached hydrogen (secondary N) is 1. The van der Waals surface area contributed by atoms with Crippen LogP contribution in [0, 0.1) is 0 Å². The summed E-state index contributed by atoms with van der Waals surface area (Å²) >= 11 is 0. The molecule has 3 nitrogen and oxygen atoms in total. The fourth-order valence-corrected chi connectivity index (χ4v) is 1.56. The van der Waals surface area contributed by atoms with Gasteiger partial charge in [0.1, 0.15) is 12.1 Å². The Hall–Kier alpha value is -1.90. The molecule has 0 aliphatic carbocycles. The second-order valence-electron chi connectivity index (χ2n) is 4.11. The zero-order valence-corrected chi connectivity index (χ0v) is 10.2. The molecule has 88 valence electrons. The lowest BCUT2D eigenvalue weighted by Gasteiger charge is -2.12. The van der Waals surface area contributed by atoms with Gasteiger partial charge in [-0.25, -0.2) is 9.97 Å². The summed E-state index contributed by atoms with van der Waals surface area (Å²) in [5, 5.41) is 3.35. The quantitative estimate of drug-likeness (QED) is 0.870. The van der Waals surface area contributed by atoms with Gasteiger partial charge >= 0.3 is 0 Å². The van der Waals surface area contributed by atoms with E-state index in [-0.39, 0.29) is 0 Å². The van der Waals surface area contributed by atoms with Crippen molar-refractivity contribution in [2.75, 3.05) is 5.32 Å². The van der Waals surface area contributed by atoms with Crippen LogP contribution in [0.25, 0.3) is 11.3 Å². The molecule has 2 aromatic rings. The van der Waals surface area contributed by atoms with Crippen LogP contribution in [-0.4, -0.2) is 16.0 Å². The number of anilines is 1. The Morgan fingerprint density at radius 2 is 1.94 bits per heavy atom. The molecule has 17 heavy (non-hydrogen) atoms. The number of rotatable bonds is 4. The zero-order valence-electron chi connectivity index (χ0n) is 10.2. The van der Waals surface area contributed by atoms with Gasteiger partial charge in [-0.2, -0.15) is 0 Å². The Labute approximate surface area is 102 Å². The van der Waals surface area contributed by atoms with Crippen LogP contribution in [0.5, 0.6) is 0 Å². The summed E-state index contributed by atoms with van der Waals surface area (Å²) in [6.07, 6.45) is 2.68. The molecular formula is C14H17N3. The van der Waals surface area contributed by atoms with Crippen molar-refractivity contribution in [3.8, 4) is 11.3 Å². The van der Waals surface area contributed by atoms with Gasteiger partial charge in [0.05, 0.1) is 5.69 Å². The molecule has 0 bridgehead atoms. The standard InChI is InChI=1S/C14H17N3/c1-3-11(2)17-14-9-13(15-10-16-14)12-7-5-4-6-8-12/h4-11H,3H2,1-2H3,(H,15,16,17). The molecule has 1 unspecified atom stereocenters. The average Bonchev–Trinajstić information content (AvgIpc) is 2.40. The Morgan fingerprint density at radius 1 is 1.18 bits per heavy atom. The maximum Gasteiger partial charge on any atom is 0.130 e. The number of benzene rings is 1. The van der Waals surface area contributed by atoms with Crippen LogP contribution in [0.15, 0.2) is 42.7 Å². The summed E-state index contributed by atoms with van der Waals surface area (Å²) in [5.74, 6) is 0.883. The predicted molar refractivity (Wildman–Crippen MR) is 70.8 cm³/mol. The molecule has 0 aliphatic rings. The van der Waals surface area contributed by atoms with Crippen LogP contribution in [0.4, 0.5) is 5.82 Å². The minimum atomic E-state index is 0.425. The highest BCUT2D eigenvalue weighted by atomic mass is 15.0. The molecule has 0 spiro atoms. The second kappa shape index (κ2) is 5.43. The minimum absolute atomic E-state index is 0.425. The first-order valence-corrected chi connectivity index (χ1v) is 5.93. The smallest absolute Gasteiger partial charge is 0.130 e. The first-order chi connectivity index (χ1) is 8.29. The lowest BCUT2D eigenvalue weighted by atomic mass is 10.1. The fraction of sp³-hybridized carbons (Fsp3) is 0.286. The van der Waals surface area contributed by atoms with E-state index in [1.807, 2.05) is 24.3 Å². The van der Waals surface area contributed by atoms with Crippen LogP contribution in [-0.2, 0) is 0 Å². The van der Waals surface area contributed by atoms with Crippen molar-refractivity contribution in [3.63, 3.8) is 0 Å². The largest absolute Gasteiger partial charge is 0.368 e. The molecule has 2 rings (SSSR count). The van der Waals surface area contributed by atoms with Crippen molar-refractivity contribution < 1.29 is 0 Å². The van der Waals surface area contributed by atoms with Gasteiger partial charge in [-0.05, 0) is 13.3 Å². The van der Waals surface area contributed by atoms with Crippen LogP contribution in [0.1, 0.15) is 20.3 Å². The van der Waals surface area contributed by atoms with E-state index in [2.05, 4.69) is 41.3 Å². The molecule has 0 aliphatic heterocycles. The number of nitrogens with zero attached hydrogens (tertiary/aromatic N) is 2. The van der Waals surface area contributed by atoms with E-state index < -0.39 is 0 Å². The number of hydrogen-bond acceptors (Lipinski definition) is 3. The third-order valence-electron chi connectivity index (χ3n) is 2.74. The van der Waals surface area contributed by atoms with Crippen molar-refractivity contribution in [1.82, 2.24) is 9.97 Å². The SMILES string of the molecule is CCC(C)Nc1cc(-c2ccccc2)ncn1. The average molecular weight is 227 g/mol. The molecule has 0 saturated carbocycles. The maximum absolute atomic E-state index is 4.29. The van der Waals surface area contributed by atoms with E-state index in [4.69, 9.17) is 0 Å². The van der Waals surface area contributed by atoms with Crippen LogP contribution >= 0.6 is 0 Å². The summed E-state index contributed by atoms with van der Waals surface area (Å²) < 4.78 is 0. The van der Waals surface area contributed by atoms with Gasteiger partial charge in [0.15, 0.2) is 0 Å². The van der Waals surface area contributed by atoms with Crippen molar-refractivity contribution in [3.05, 3.63) is 42.7 Å². The maximum atomic E-state index is 4.29. The summed E-state index contributed by atoms with van der Waals surface area (Å²) in [7, 11) is 0. The second-order valence-corrected chi connectivity index (χ2v) is 4.11. The highest BCUT2D eigenvalue weighted by Crippen LogP contribution is 2.18. The Morgan fingerprint density at radius 3 is 2.65 bits per heavy atom. The van der Waals surface area contributed by atoms with Crippen molar-refractivity contribution in [1.29, 1.82) is 0 Å². The van der Waals surface area contributed by atoms with Crippen molar-refractivity contribution in [2.45, 2.75) is 26.3 Å². The van der Waals surface area contributed by atoms with Gasteiger partial charge in [-0.15, -0.1) is 0 Å². The Bertz CT molecular complexity index is 468. The molecule has 1 atom stereocenters. The lowest BCUT2D eigenvalue weighted by molar-refractivity contribution is 0.758. The van der Waals surface area contributed by atoms with E-state index >= 15 is 0 Å². The van der Waals surface area contributed by atoms with Gasteiger partial charge in [0.2, 0.25) is 0 Å². The Balaban J connectivity index is 2.23. The highest BCUT2D eigenvalue weighted by molar-refractivity contribution is 5.61. The molecule has 1 aromatic carbocycles. The summed E-state index contributed by atoms with van der Waals surface area (Å²) in [6, 6.07) is 12.5. The van der Waals surface area contributed by atoms with Crippen LogP contribution < -0.4 is 5.32 Å². The highest BCUT2D eigenvalue weighted by Gasteiger charge is 2.03.